The molecule has 0 amide bonds. The van der Waals surface area contributed by atoms with Gasteiger partial charge in [-0.15, -0.1) is 0 Å². The number of benzene rings is 4. The van der Waals surface area contributed by atoms with Crippen molar-refractivity contribution in [2.24, 2.45) is 0 Å². The minimum atomic E-state index is 0.402. The van der Waals surface area contributed by atoms with Crippen molar-refractivity contribution in [2.45, 2.75) is 12.6 Å². The van der Waals surface area contributed by atoms with Crippen LogP contribution in [0.3, 0.4) is 0 Å². The van der Waals surface area contributed by atoms with Crippen LogP contribution in [0.2, 0.25) is 0 Å². The van der Waals surface area contributed by atoms with Crippen LogP contribution in [0.5, 0.6) is 0 Å². The summed E-state index contributed by atoms with van der Waals surface area (Å²) in [5.41, 5.74) is 5.48. The predicted molar refractivity (Wildman–Crippen MR) is 106 cm³/mol. The summed E-state index contributed by atoms with van der Waals surface area (Å²) in [6.07, 6.45) is 1.48. The summed E-state index contributed by atoms with van der Waals surface area (Å²) in [5.74, 6) is 0. The highest BCUT2D eigenvalue weighted by molar-refractivity contribution is 6.04. The molecule has 0 bridgehead atoms. The molecule has 0 spiro atoms. The fraction of sp³-hybridized carbons (Fsp3) is 0.130. The number of fused-ring (bicyclic) bond motifs is 7. The van der Waals surface area contributed by atoms with Crippen LogP contribution in [0.4, 0.5) is 17.1 Å². The Bertz CT molecular complexity index is 1160. The van der Waals surface area contributed by atoms with Crippen LogP contribution < -0.4 is 9.80 Å². The van der Waals surface area contributed by atoms with Crippen LogP contribution in [0.15, 0.2) is 72.8 Å². The molecule has 6 rings (SSSR count). The van der Waals surface area contributed by atoms with Gasteiger partial charge in [-0.05, 0) is 57.4 Å². The quantitative estimate of drug-likeness (QED) is 0.396. The molecule has 0 aliphatic carbocycles. The van der Waals surface area contributed by atoms with Crippen LogP contribution in [0, 0.1) is 0 Å². The molecule has 0 saturated carbocycles. The minimum Gasteiger partial charge on any atom is -0.352 e. The van der Waals surface area contributed by atoms with Gasteiger partial charge in [0.25, 0.3) is 0 Å². The van der Waals surface area contributed by atoms with E-state index in [0.29, 0.717) is 6.17 Å². The number of likely N-dealkylation sites (N-methyl/N-ethyl adjacent to an activating group) is 1. The van der Waals surface area contributed by atoms with Gasteiger partial charge in [-0.25, -0.2) is 0 Å². The second kappa shape index (κ2) is 4.54. The molecule has 1 atom stereocenters. The average Bonchev–Trinajstić information content (AvgIpc) is 3.15. The van der Waals surface area contributed by atoms with Crippen LogP contribution in [0.1, 0.15) is 5.56 Å². The van der Waals surface area contributed by atoms with Crippen LogP contribution in [-0.2, 0) is 6.42 Å². The Labute approximate surface area is 146 Å². The van der Waals surface area contributed by atoms with E-state index in [1.807, 2.05) is 0 Å². The summed E-state index contributed by atoms with van der Waals surface area (Å²) in [6.45, 7) is 0. The molecule has 4 aromatic rings. The molecule has 2 heteroatoms. The molecule has 4 aromatic carbocycles. The Balaban J connectivity index is 1.63. The fourth-order valence-corrected chi connectivity index (χ4v) is 4.57. The largest absolute Gasteiger partial charge is 0.352 e. The summed E-state index contributed by atoms with van der Waals surface area (Å²) in [4.78, 5) is 4.95. The van der Waals surface area contributed by atoms with E-state index in [2.05, 4.69) is 89.6 Å². The third-order valence-corrected chi connectivity index (χ3v) is 5.84. The molecule has 0 fully saturated rings. The van der Waals surface area contributed by atoms with Gasteiger partial charge in [0.15, 0.2) is 0 Å². The first-order valence-corrected chi connectivity index (χ1v) is 8.86. The zero-order chi connectivity index (χ0) is 16.5. The molecular weight excluding hydrogens is 304 g/mol. The van der Waals surface area contributed by atoms with Gasteiger partial charge in [0, 0.05) is 19.2 Å². The summed E-state index contributed by atoms with van der Waals surface area (Å²) < 4.78 is 0. The molecule has 0 aromatic heterocycles. The first-order chi connectivity index (χ1) is 12.3. The van der Waals surface area contributed by atoms with E-state index in [4.69, 9.17) is 0 Å². The Morgan fingerprint density at radius 2 is 1.32 bits per heavy atom. The maximum Gasteiger partial charge on any atom is 0.110 e. The van der Waals surface area contributed by atoms with Crippen molar-refractivity contribution in [1.82, 2.24) is 0 Å². The highest BCUT2D eigenvalue weighted by Crippen LogP contribution is 2.50. The Morgan fingerprint density at radius 1 is 0.680 bits per heavy atom. The van der Waals surface area contributed by atoms with Crippen molar-refractivity contribution < 1.29 is 0 Å². The monoisotopic (exact) mass is 322 g/mol. The van der Waals surface area contributed by atoms with Gasteiger partial charge in [0.05, 0.1) is 11.4 Å². The number of hydrogen-bond donors (Lipinski definition) is 0. The van der Waals surface area contributed by atoms with Gasteiger partial charge in [0.1, 0.15) is 6.17 Å². The number of anilines is 3. The molecule has 2 nitrogen and oxygen atoms in total. The van der Waals surface area contributed by atoms with Crippen LogP contribution in [-0.4, -0.2) is 13.2 Å². The van der Waals surface area contributed by atoms with Gasteiger partial charge in [-0.3, -0.25) is 0 Å². The second-order valence-electron chi connectivity index (χ2n) is 7.18. The van der Waals surface area contributed by atoms with Crippen molar-refractivity contribution in [1.29, 1.82) is 0 Å². The van der Waals surface area contributed by atoms with Gasteiger partial charge in [-0.2, -0.15) is 0 Å². The fourth-order valence-electron chi connectivity index (χ4n) is 4.57. The normalized spacial score (nSPS) is 17.9. The lowest BCUT2D eigenvalue weighted by Gasteiger charge is -2.23. The molecule has 0 N–H and O–H groups in total. The molecular formula is C23H18N2. The number of rotatable bonds is 0. The molecule has 0 radical (unpaired) electrons. The van der Waals surface area contributed by atoms with Crippen LogP contribution in [0.25, 0.3) is 21.5 Å². The zero-order valence-electron chi connectivity index (χ0n) is 14.1. The lowest BCUT2D eigenvalue weighted by atomic mass is 10.0. The molecule has 1 unspecified atom stereocenters. The van der Waals surface area contributed by atoms with Crippen molar-refractivity contribution in [3.63, 3.8) is 0 Å². The highest BCUT2D eigenvalue weighted by atomic mass is 15.4. The maximum atomic E-state index is 2.51. The maximum absolute atomic E-state index is 2.51. The lowest BCUT2D eigenvalue weighted by molar-refractivity contribution is 0.704. The summed E-state index contributed by atoms with van der Waals surface area (Å²) in [7, 11) is 2.22. The van der Waals surface area contributed by atoms with Gasteiger partial charge >= 0.3 is 0 Å². The van der Waals surface area contributed by atoms with Gasteiger partial charge in [-0.1, -0.05) is 42.5 Å². The molecule has 0 saturated heterocycles. The smallest absolute Gasteiger partial charge is 0.110 e. The minimum absolute atomic E-state index is 0.402. The van der Waals surface area contributed by atoms with Gasteiger partial charge in [0.2, 0.25) is 0 Å². The SMILES string of the molecule is CN1c2cc3cc4ccccc4cc3cc2N2c3ccccc3CC12. The summed E-state index contributed by atoms with van der Waals surface area (Å²) in [5, 5.41) is 5.25. The van der Waals surface area contributed by atoms with Crippen molar-refractivity contribution in [3.05, 3.63) is 78.4 Å². The first-order valence-electron chi connectivity index (χ1n) is 8.86. The van der Waals surface area contributed by atoms with Gasteiger partial charge < -0.3 is 9.80 Å². The van der Waals surface area contributed by atoms with E-state index in [1.54, 1.807) is 0 Å². The molecule has 2 aliphatic rings. The zero-order valence-corrected chi connectivity index (χ0v) is 14.1. The van der Waals surface area contributed by atoms with E-state index in [-0.39, 0.29) is 0 Å². The third-order valence-electron chi connectivity index (χ3n) is 5.84. The van der Waals surface area contributed by atoms with E-state index in [0.717, 1.165) is 6.42 Å². The molecule has 2 heterocycles. The Hall–Kier alpha value is -3.00. The summed E-state index contributed by atoms with van der Waals surface area (Å²) in [6, 6.07) is 26.8. The van der Waals surface area contributed by atoms with Crippen LogP contribution >= 0.6 is 0 Å². The van der Waals surface area contributed by atoms with Crippen molar-refractivity contribution >= 4 is 38.6 Å². The molecule has 120 valence electrons. The topological polar surface area (TPSA) is 6.48 Å². The van der Waals surface area contributed by atoms with E-state index in [9.17, 15) is 0 Å². The third kappa shape index (κ3) is 1.69. The Morgan fingerprint density at radius 3 is 2.08 bits per heavy atom. The standard InChI is InChI=1S/C23H18N2/c1-24-21-12-18-10-15-6-2-3-7-16(15)11-19(18)13-22(21)25-20-9-5-4-8-17(20)14-23(24)25/h2-13,23H,14H2,1H3. The van der Waals surface area contributed by atoms with E-state index in [1.165, 1.54) is 44.2 Å². The molecule has 25 heavy (non-hydrogen) atoms. The second-order valence-corrected chi connectivity index (χ2v) is 7.18. The predicted octanol–water partition coefficient (Wildman–Crippen LogP) is 5.46. The number of para-hydroxylation sites is 1. The highest BCUT2D eigenvalue weighted by Gasteiger charge is 2.40. The van der Waals surface area contributed by atoms with Crippen molar-refractivity contribution in [3.8, 4) is 0 Å². The number of nitrogens with zero attached hydrogens (tertiary/aromatic N) is 2. The van der Waals surface area contributed by atoms with Crippen molar-refractivity contribution in [2.75, 3.05) is 16.8 Å². The first kappa shape index (κ1) is 13.3. The van der Waals surface area contributed by atoms with E-state index >= 15 is 0 Å². The summed E-state index contributed by atoms with van der Waals surface area (Å²) >= 11 is 0. The van der Waals surface area contributed by atoms with E-state index < -0.39 is 0 Å². The average molecular weight is 322 g/mol. The molecule has 2 aliphatic heterocycles. The number of hydrogen-bond acceptors (Lipinski definition) is 2. The Kier molecular flexibility index (Phi) is 2.42. The lowest BCUT2D eigenvalue weighted by Crippen LogP contribution is -2.35.